The lowest BCUT2D eigenvalue weighted by Crippen LogP contribution is -2.16. The minimum Gasteiger partial charge on any atom is -0.492 e. The van der Waals surface area contributed by atoms with Gasteiger partial charge in [0.1, 0.15) is 11.6 Å². The molecule has 1 aromatic carbocycles. The van der Waals surface area contributed by atoms with Crippen LogP contribution in [-0.2, 0) is 6.54 Å². The fraction of sp³-hybridized carbons (Fsp3) is 0.333. The van der Waals surface area contributed by atoms with E-state index in [0.29, 0.717) is 28.7 Å². The number of aryl methyl sites for hydroxylation is 1. The van der Waals surface area contributed by atoms with Crippen LogP contribution in [0.2, 0.25) is 5.02 Å². The molecule has 19 heavy (non-hydrogen) atoms. The minimum atomic E-state index is 0.537. The summed E-state index contributed by atoms with van der Waals surface area (Å²) >= 11 is 11.2. The molecule has 1 aromatic heterocycles. The SMILES string of the molecule is CCOc1ccc(CNn2c(C)n[nH]c2=S)cc1Cl. The molecule has 0 bridgehead atoms. The first kappa shape index (κ1) is 13.9. The van der Waals surface area contributed by atoms with Crippen LogP contribution in [0.25, 0.3) is 0 Å². The summed E-state index contributed by atoms with van der Waals surface area (Å²) in [6.07, 6.45) is 0. The number of benzene rings is 1. The maximum Gasteiger partial charge on any atom is 0.214 e. The van der Waals surface area contributed by atoms with Crippen LogP contribution < -0.4 is 10.2 Å². The van der Waals surface area contributed by atoms with E-state index in [4.69, 9.17) is 28.6 Å². The Hall–Kier alpha value is -1.53. The van der Waals surface area contributed by atoms with Gasteiger partial charge in [-0.1, -0.05) is 17.7 Å². The Bertz CT molecular complexity index is 622. The van der Waals surface area contributed by atoms with Crippen LogP contribution in [0, 0.1) is 11.7 Å². The van der Waals surface area contributed by atoms with Crippen molar-refractivity contribution < 1.29 is 4.74 Å². The van der Waals surface area contributed by atoms with Crippen molar-refractivity contribution in [2.75, 3.05) is 12.0 Å². The number of hydrogen-bond donors (Lipinski definition) is 2. The summed E-state index contributed by atoms with van der Waals surface area (Å²) in [5.74, 6) is 1.48. The number of halogens is 1. The number of nitrogens with one attached hydrogen (secondary N) is 2. The topological polar surface area (TPSA) is 54.9 Å². The first-order valence-corrected chi connectivity index (χ1v) is 6.69. The molecule has 0 aliphatic heterocycles. The first-order chi connectivity index (χ1) is 9.11. The number of aromatic nitrogens is 3. The Labute approximate surface area is 121 Å². The van der Waals surface area contributed by atoms with E-state index in [1.165, 1.54) is 0 Å². The lowest BCUT2D eigenvalue weighted by molar-refractivity contribution is 0.340. The van der Waals surface area contributed by atoms with E-state index in [-0.39, 0.29) is 0 Å². The molecule has 0 saturated heterocycles. The Balaban J connectivity index is 2.08. The minimum absolute atomic E-state index is 0.537. The molecular formula is C12H15ClN4OS. The molecule has 102 valence electrons. The Morgan fingerprint density at radius 3 is 2.89 bits per heavy atom. The normalized spacial score (nSPS) is 10.5. The van der Waals surface area contributed by atoms with Crippen molar-refractivity contribution in [1.82, 2.24) is 14.9 Å². The Morgan fingerprint density at radius 2 is 2.32 bits per heavy atom. The molecule has 2 N–H and O–H groups in total. The van der Waals surface area contributed by atoms with E-state index >= 15 is 0 Å². The maximum absolute atomic E-state index is 6.13. The van der Waals surface area contributed by atoms with E-state index in [0.717, 1.165) is 11.4 Å². The molecule has 0 radical (unpaired) electrons. The average Bonchev–Trinajstić information content (AvgIpc) is 2.70. The number of ether oxygens (including phenoxy) is 1. The standard InChI is InChI=1S/C12H15ClN4OS/c1-3-18-11-5-4-9(6-10(11)13)7-14-17-8(2)15-16-12(17)19/h4-6,14H,3,7H2,1-2H3,(H,16,19). The zero-order valence-electron chi connectivity index (χ0n) is 10.7. The van der Waals surface area contributed by atoms with Crippen molar-refractivity contribution in [3.8, 4) is 5.75 Å². The second-order valence-corrected chi connectivity index (χ2v) is 4.74. The molecule has 0 unspecified atom stereocenters. The summed E-state index contributed by atoms with van der Waals surface area (Å²) in [6, 6.07) is 5.70. The largest absolute Gasteiger partial charge is 0.492 e. The summed E-state index contributed by atoms with van der Waals surface area (Å²) in [5, 5.41) is 7.34. The monoisotopic (exact) mass is 298 g/mol. The molecule has 0 saturated carbocycles. The fourth-order valence-electron chi connectivity index (χ4n) is 1.66. The van der Waals surface area contributed by atoms with Crippen LogP contribution in [-0.4, -0.2) is 21.5 Å². The van der Waals surface area contributed by atoms with E-state index in [1.54, 1.807) is 4.68 Å². The second-order valence-electron chi connectivity index (χ2n) is 3.94. The van der Waals surface area contributed by atoms with Crippen molar-refractivity contribution in [2.45, 2.75) is 20.4 Å². The number of H-pyrrole nitrogens is 1. The van der Waals surface area contributed by atoms with E-state index in [1.807, 2.05) is 32.0 Å². The molecular weight excluding hydrogens is 284 g/mol. The molecule has 0 aliphatic carbocycles. The highest BCUT2D eigenvalue weighted by Crippen LogP contribution is 2.25. The molecule has 1 heterocycles. The van der Waals surface area contributed by atoms with Gasteiger partial charge >= 0.3 is 0 Å². The van der Waals surface area contributed by atoms with E-state index < -0.39 is 0 Å². The first-order valence-electron chi connectivity index (χ1n) is 5.91. The predicted molar refractivity (Wildman–Crippen MR) is 77.8 cm³/mol. The molecule has 0 aliphatic rings. The highest BCUT2D eigenvalue weighted by Gasteiger charge is 2.04. The third-order valence-corrected chi connectivity index (χ3v) is 3.15. The van der Waals surface area contributed by atoms with Gasteiger partial charge in [0.15, 0.2) is 0 Å². The van der Waals surface area contributed by atoms with Crippen molar-refractivity contribution in [3.63, 3.8) is 0 Å². The number of nitrogens with zero attached hydrogens (tertiary/aromatic N) is 2. The van der Waals surface area contributed by atoms with E-state index in [2.05, 4.69) is 15.6 Å². The van der Waals surface area contributed by atoms with Crippen LogP contribution in [0.1, 0.15) is 18.3 Å². The van der Waals surface area contributed by atoms with Crippen molar-refractivity contribution >= 4 is 23.8 Å². The molecule has 0 spiro atoms. The highest BCUT2D eigenvalue weighted by atomic mass is 35.5. The van der Waals surface area contributed by atoms with Crippen LogP contribution in [0.4, 0.5) is 0 Å². The van der Waals surface area contributed by atoms with Gasteiger partial charge in [-0.15, -0.1) is 0 Å². The van der Waals surface area contributed by atoms with Crippen LogP contribution in [0.5, 0.6) is 5.75 Å². The zero-order valence-corrected chi connectivity index (χ0v) is 12.3. The van der Waals surface area contributed by atoms with Crippen molar-refractivity contribution in [1.29, 1.82) is 0 Å². The molecule has 5 nitrogen and oxygen atoms in total. The molecule has 7 heteroatoms. The number of aromatic amines is 1. The Kier molecular flexibility index (Phi) is 4.44. The van der Waals surface area contributed by atoms with Gasteiger partial charge < -0.3 is 10.2 Å². The van der Waals surface area contributed by atoms with Crippen molar-refractivity contribution in [3.05, 3.63) is 39.4 Å². The lowest BCUT2D eigenvalue weighted by atomic mass is 10.2. The van der Waals surface area contributed by atoms with Crippen LogP contribution in [0.15, 0.2) is 18.2 Å². The number of rotatable bonds is 5. The number of hydrogen-bond acceptors (Lipinski definition) is 4. The Morgan fingerprint density at radius 1 is 1.53 bits per heavy atom. The second kappa shape index (κ2) is 6.08. The van der Waals surface area contributed by atoms with Gasteiger partial charge in [0.05, 0.1) is 18.2 Å². The molecule has 2 rings (SSSR count). The quantitative estimate of drug-likeness (QED) is 0.833. The predicted octanol–water partition coefficient (Wildman–Crippen LogP) is 3.04. The van der Waals surface area contributed by atoms with Gasteiger partial charge in [0.25, 0.3) is 0 Å². The molecule has 0 amide bonds. The van der Waals surface area contributed by atoms with Gasteiger partial charge in [-0.3, -0.25) is 5.10 Å². The van der Waals surface area contributed by atoms with Crippen LogP contribution in [0.3, 0.4) is 0 Å². The van der Waals surface area contributed by atoms with Gasteiger partial charge in [-0.25, -0.2) is 4.68 Å². The van der Waals surface area contributed by atoms with E-state index in [9.17, 15) is 0 Å². The summed E-state index contributed by atoms with van der Waals surface area (Å²) in [7, 11) is 0. The third-order valence-electron chi connectivity index (χ3n) is 2.58. The smallest absolute Gasteiger partial charge is 0.214 e. The molecule has 0 fully saturated rings. The van der Waals surface area contributed by atoms with Gasteiger partial charge in [-0.2, -0.15) is 5.10 Å². The summed E-state index contributed by atoms with van der Waals surface area (Å²) in [5.41, 5.74) is 4.21. The maximum atomic E-state index is 6.13. The van der Waals surface area contributed by atoms with Gasteiger partial charge in [0, 0.05) is 0 Å². The summed E-state index contributed by atoms with van der Waals surface area (Å²) in [4.78, 5) is 0. The van der Waals surface area contributed by atoms with Crippen molar-refractivity contribution in [2.24, 2.45) is 0 Å². The molecule has 0 atom stereocenters. The van der Waals surface area contributed by atoms with Crippen LogP contribution >= 0.6 is 23.8 Å². The fourth-order valence-corrected chi connectivity index (χ4v) is 2.16. The average molecular weight is 299 g/mol. The summed E-state index contributed by atoms with van der Waals surface area (Å²) in [6.45, 7) is 4.99. The third kappa shape index (κ3) is 3.27. The highest BCUT2D eigenvalue weighted by molar-refractivity contribution is 7.71. The summed E-state index contributed by atoms with van der Waals surface area (Å²) < 4.78 is 7.65. The lowest BCUT2D eigenvalue weighted by Gasteiger charge is -2.10. The van der Waals surface area contributed by atoms with Gasteiger partial charge in [-0.05, 0) is 43.8 Å². The molecule has 2 aromatic rings. The zero-order chi connectivity index (χ0) is 13.8. The van der Waals surface area contributed by atoms with Gasteiger partial charge in [0.2, 0.25) is 4.77 Å².